The van der Waals surface area contributed by atoms with Gasteiger partial charge in [0.15, 0.2) is 0 Å². The highest BCUT2D eigenvalue weighted by Gasteiger charge is 2.15. The van der Waals surface area contributed by atoms with Crippen molar-refractivity contribution in [1.29, 1.82) is 0 Å². The van der Waals surface area contributed by atoms with Crippen LogP contribution in [0.5, 0.6) is 0 Å². The van der Waals surface area contributed by atoms with E-state index in [1.165, 1.54) is 7.11 Å². The lowest BCUT2D eigenvalue weighted by Gasteiger charge is -2.10. The van der Waals surface area contributed by atoms with Crippen LogP contribution in [0.3, 0.4) is 0 Å². The van der Waals surface area contributed by atoms with Gasteiger partial charge in [0, 0.05) is 0 Å². The molecule has 0 amide bonds. The van der Waals surface area contributed by atoms with Crippen LogP contribution in [0.4, 0.5) is 0 Å². The van der Waals surface area contributed by atoms with Crippen LogP contribution >= 0.6 is 0 Å². The minimum Gasteiger partial charge on any atom is -0.466 e. The smallest absolute Gasteiger partial charge is 0.336 e. The van der Waals surface area contributed by atoms with Gasteiger partial charge in [-0.2, -0.15) is 0 Å². The SMILES string of the molecule is CCCC=C(COC(=O)C(C)CC)C(=O)OC. The number of rotatable bonds is 7. The largest absolute Gasteiger partial charge is 0.466 e. The number of hydrogen-bond donors (Lipinski definition) is 0. The van der Waals surface area contributed by atoms with E-state index in [0.29, 0.717) is 5.57 Å². The van der Waals surface area contributed by atoms with Gasteiger partial charge in [0.1, 0.15) is 6.61 Å². The summed E-state index contributed by atoms with van der Waals surface area (Å²) in [7, 11) is 1.32. The Hall–Kier alpha value is -1.32. The van der Waals surface area contributed by atoms with E-state index in [1.54, 1.807) is 13.0 Å². The predicted octanol–water partition coefficient (Wildman–Crippen LogP) is 2.48. The third-order valence-corrected chi connectivity index (χ3v) is 2.51. The summed E-state index contributed by atoms with van der Waals surface area (Å²) >= 11 is 0. The van der Waals surface area contributed by atoms with E-state index in [-0.39, 0.29) is 18.5 Å². The molecular formula is C13H22O4. The molecule has 0 aliphatic rings. The van der Waals surface area contributed by atoms with Crippen molar-refractivity contribution < 1.29 is 19.1 Å². The molecule has 0 rings (SSSR count). The Bertz CT molecular complexity index is 281. The molecule has 0 heterocycles. The van der Waals surface area contributed by atoms with E-state index >= 15 is 0 Å². The summed E-state index contributed by atoms with van der Waals surface area (Å²) in [6.07, 6.45) is 4.19. The van der Waals surface area contributed by atoms with Crippen LogP contribution in [0.15, 0.2) is 11.6 Å². The topological polar surface area (TPSA) is 52.6 Å². The molecule has 4 nitrogen and oxygen atoms in total. The standard InChI is InChI=1S/C13H22O4/c1-5-7-8-11(13(15)16-4)9-17-12(14)10(3)6-2/h8,10H,5-7,9H2,1-4H3. The van der Waals surface area contributed by atoms with Crippen molar-refractivity contribution >= 4 is 11.9 Å². The Morgan fingerprint density at radius 1 is 1.29 bits per heavy atom. The first-order chi connectivity index (χ1) is 8.06. The Morgan fingerprint density at radius 2 is 1.94 bits per heavy atom. The highest BCUT2D eigenvalue weighted by molar-refractivity contribution is 5.89. The van der Waals surface area contributed by atoms with Crippen molar-refractivity contribution in [2.75, 3.05) is 13.7 Å². The fraction of sp³-hybridized carbons (Fsp3) is 0.692. The number of methoxy groups -OCH3 is 1. The first kappa shape index (κ1) is 15.7. The minimum absolute atomic E-state index is 0.00412. The molecule has 1 atom stereocenters. The number of ether oxygens (including phenoxy) is 2. The number of hydrogen-bond acceptors (Lipinski definition) is 4. The zero-order valence-corrected chi connectivity index (χ0v) is 11.1. The van der Waals surface area contributed by atoms with Crippen molar-refractivity contribution in [2.45, 2.75) is 40.0 Å². The van der Waals surface area contributed by atoms with Gasteiger partial charge in [-0.3, -0.25) is 4.79 Å². The second-order valence-electron chi connectivity index (χ2n) is 3.93. The van der Waals surface area contributed by atoms with Gasteiger partial charge in [0.2, 0.25) is 0 Å². The van der Waals surface area contributed by atoms with Gasteiger partial charge in [0.05, 0.1) is 18.6 Å². The lowest BCUT2D eigenvalue weighted by atomic mass is 10.1. The normalized spacial score (nSPS) is 13.1. The summed E-state index contributed by atoms with van der Waals surface area (Å²) in [5.74, 6) is -0.853. The van der Waals surface area contributed by atoms with Crippen molar-refractivity contribution in [2.24, 2.45) is 5.92 Å². The van der Waals surface area contributed by atoms with Crippen LogP contribution in [0.2, 0.25) is 0 Å². The molecule has 0 aromatic rings. The zero-order chi connectivity index (χ0) is 13.3. The van der Waals surface area contributed by atoms with Gasteiger partial charge in [-0.05, 0) is 12.8 Å². The number of carbonyl (C=O) groups excluding carboxylic acids is 2. The molecule has 0 aliphatic carbocycles. The molecule has 0 radical (unpaired) electrons. The first-order valence-electron chi connectivity index (χ1n) is 6.00. The number of carbonyl (C=O) groups is 2. The molecule has 0 fully saturated rings. The van der Waals surface area contributed by atoms with E-state index in [1.807, 2.05) is 13.8 Å². The van der Waals surface area contributed by atoms with Crippen molar-refractivity contribution in [3.8, 4) is 0 Å². The summed E-state index contributed by atoms with van der Waals surface area (Å²) in [5.41, 5.74) is 0.408. The summed E-state index contributed by atoms with van der Waals surface area (Å²) in [6, 6.07) is 0. The van der Waals surface area contributed by atoms with Gasteiger partial charge in [-0.15, -0.1) is 0 Å². The van der Waals surface area contributed by atoms with Gasteiger partial charge < -0.3 is 9.47 Å². The number of unbranched alkanes of at least 4 members (excludes halogenated alkanes) is 1. The fourth-order valence-corrected chi connectivity index (χ4v) is 1.11. The molecule has 0 spiro atoms. The highest BCUT2D eigenvalue weighted by Crippen LogP contribution is 2.07. The van der Waals surface area contributed by atoms with Crippen molar-refractivity contribution in [3.05, 3.63) is 11.6 Å². The Kier molecular flexibility index (Phi) is 8.11. The van der Waals surface area contributed by atoms with Crippen LogP contribution < -0.4 is 0 Å². The predicted molar refractivity (Wildman–Crippen MR) is 65.4 cm³/mol. The molecule has 1 unspecified atom stereocenters. The van der Waals surface area contributed by atoms with E-state index in [2.05, 4.69) is 4.74 Å². The second-order valence-corrected chi connectivity index (χ2v) is 3.93. The van der Waals surface area contributed by atoms with Gasteiger partial charge >= 0.3 is 11.9 Å². The lowest BCUT2D eigenvalue weighted by Crippen LogP contribution is -2.18. The van der Waals surface area contributed by atoms with Gasteiger partial charge in [0.25, 0.3) is 0 Å². The molecule has 0 aromatic carbocycles. The molecular weight excluding hydrogens is 220 g/mol. The Morgan fingerprint density at radius 3 is 2.41 bits per heavy atom. The average molecular weight is 242 g/mol. The molecule has 0 aliphatic heterocycles. The molecule has 0 N–H and O–H groups in total. The average Bonchev–Trinajstić information content (AvgIpc) is 2.36. The van der Waals surface area contributed by atoms with Crippen LogP contribution in [0.1, 0.15) is 40.0 Å². The van der Waals surface area contributed by atoms with Crippen LogP contribution in [-0.2, 0) is 19.1 Å². The molecule has 4 heteroatoms. The van der Waals surface area contributed by atoms with Crippen LogP contribution in [0.25, 0.3) is 0 Å². The highest BCUT2D eigenvalue weighted by atomic mass is 16.5. The summed E-state index contributed by atoms with van der Waals surface area (Å²) in [4.78, 5) is 22.8. The quantitative estimate of drug-likeness (QED) is 0.508. The van der Waals surface area contributed by atoms with Gasteiger partial charge in [-0.25, -0.2) is 4.79 Å². The molecule has 0 saturated carbocycles. The van der Waals surface area contributed by atoms with E-state index < -0.39 is 5.97 Å². The summed E-state index contributed by atoms with van der Waals surface area (Å²) in [5, 5.41) is 0. The number of esters is 2. The third kappa shape index (κ3) is 6.09. The van der Waals surface area contributed by atoms with Gasteiger partial charge in [-0.1, -0.05) is 33.3 Å². The van der Waals surface area contributed by atoms with E-state index in [4.69, 9.17) is 4.74 Å². The zero-order valence-electron chi connectivity index (χ0n) is 11.1. The van der Waals surface area contributed by atoms with Crippen LogP contribution in [0, 0.1) is 5.92 Å². The van der Waals surface area contributed by atoms with Crippen LogP contribution in [-0.4, -0.2) is 25.7 Å². The number of allylic oxidation sites excluding steroid dienone is 1. The van der Waals surface area contributed by atoms with Crippen molar-refractivity contribution in [1.82, 2.24) is 0 Å². The molecule has 0 bridgehead atoms. The van der Waals surface area contributed by atoms with E-state index in [0.717, 1.165) is 19.3 Å². The Balaban J connectivity index is 4.36. The molecule has 0 aromatic heterocycles. The molecule has 17 heavy (non-hydrogen) atoms. The van der Waals surface area contributed by atoms with Crippen molar-refractivity contribution in [3.63, 3.8) is 0 Å². The molecule has 98 valence electrons. The molecule has 0 saturated heterocycles. The first-order valence-corrected chi connectivity index (χ1v) is 6.00. The summed E-state index contributed by atoms with van der Waals surface area (Å²) < 4.78 is 9.70. The summed E-state index contributed by atoms with van der Waals surface area (Å²) in [6.45, 7) is 5.72. The fourth-order valence-electron chi connectivity index (χ4n) is 1.11. The maximum Gasteiger partial charge on any atom is 0.336 e. The lowest BCUT2D eigenvalue weighted by molar-refractivity contribution is -0.148. The second kappa shape index (κ2) is 8.79. The van der Waals surface area contributed by atoms with E-state index in [9.17, 15) is 9.59 Å². The monoisotopic (exact) mass is 242 g/mol. The maximum atomic E-state index is 11.5. The maximum absolute atomic E-state index is 11.5. The third-order valence-electron chi connectivity index (χ3n) is 2.51. The minimum atomic E-state index is -0.435. The Labute approximate surface area is 103 Å².